The van der Waals surface area contributed by atoms with Crippen molar-refractivity contribution in [3.63, 3.8) is 0 Å². The maximum Gasteiger partial charge on any atom is 0.142 e. The molecule has 2 aliphatic rings. The first-order chi connectivity index (χ1) is 15.6. The highest BCUT2D eigenvalue weighted by Gasteiger charge is 2.33. The van der Waals surface area contributed by atoms with Gasteiger partial charge in [0.15, 0.2) is 0 Å². The molecule has 1 saturated carbocycles. The van der Waals surface area contributed by atoms with Crippen molar-refractivity contribution in [2.75, 3.05) is 38.0 Å². The summed E-state index contributed by atoms with van der Waals surface area (Å²) in [4.78, 5) is 2.63. The quantitative estimate of drug-likeness (QED) is 0.428. The smallest absolute Gasteiger partial charge is 0.142 e. The van der Waals surface area contributed by atoms with E-state index >= 15 is 0 Å². The SMILES string of the molecule is COc1cc(C)c(-c2cccc3c(N(CC4CC4)C4CCCOC4)c(SC)nn23)c(C)c1. The Bertz CT molecular complexity index is 1090. The molecule has 0 spiro atoms. The number of hydrogen-bond acceptors (Lipinski definition) is 5. The van der Waals surface area contributed by atoms with E-state index in [2.05, 4.69) is 59.9 Å². The van der Waals surface area contributed by atoms with Crippen LogP contribution in [0.15, 0.2) is 35.4 Å². The molecule has 5 rings (SSSR count). The zero-order chi connectivity index (χ0) is 22.2. The summed E-state index contributed by atoms with van der Waals surface area (Å²) in [6.07, 6.45) is 7.14. The van der Waals surface area contributed by atoms with Crippen LogP contribution in [0.1, 0.15) is 36.8 Å². The highest BCUT2D eigenvalue weighted by atomic mass is 32.2. The van der Waals surface area contributed by atoms with Gasteiger partial charge in [-0.1, -0.05) is 6.07 Å². The lowest BCUT2D eigenvalue weighted by Gasteiger charge is -2.36. The first-order valence-electron chi connectivity index (χ1n) is 11.7. The van der Waals surface area contributed by atoms with Gasteiger partial charge in [0.1, 0.15) is 10.8 Å². The maximum absolute atomic E-state index is 5.91. The van der Waals surface area contributed by atoms with Crippen LogP contribution in [0.3, 0.4) is 0 Å². The Balaban J connectivity index is 1.67. The van der Waals surface area contributed by atoms with Crippen molar-refractivity contribution >= 4 is 23.0 Å². The number of pyridine rings is 1. The first-order valence-corrected chi connectivity index (χ1v) is 12.9. The fourth-order valence-electron chi connectivity index (χ4n) is 5.05. The van der Waals surface area contributed by atoms with Crippen LogP contribution in [0.4, 0.5) is 5.69 Å². The van der Waals surface area contributed by atoms with Gasteiger partial charge in [0.25, 0.3) is 0 Å². The molecule has 1 unspecified atom stereocenters. The van der Waals surface area contributed by atoms with Crippen LogP contribution < -0.4 is 9.64 Å². The zero-order valence-electron chi connectivity index (χ0n) is 19.6. The van der Waals surface area contributed by atoms with Crippen molar-refractivity contribution in [1.29, 1.82) is 0 Å². The number of methoxy groups -OCH3 is 1. The molecular formula is C26H33N3O2S. The summed E-state index contributed by atoms with van der Waals surface area (Å²) < 4.78 is 13.6. The molecule has 6 heteroatoms. The average molecular weight is 452 g/mol. The lowest BCUT2D eigenvalue weighted by Crippen LogP contribution is -2.42. The number of aryl methyl sites for hydroxylation is 2. The molecular weight excluding hydrogens is 418 g/mol. The Hall–Kier alpha value is -2.18. The lowest BCUT2D eigenvalue weighted by atomic mass is 9.98. The van der Waals surface area contributed by atoms with Crippen LogP contribution in [0.5, 0.6) is 5.75 Å². The van der Waals surface area contributed by atoms with E-state index in [1.807, 2.05) is 0 Å². The van der Waals surface area contributed by atoms with Crippen molar-refractivity contribution in [3.8, 4) is 17.0 Å². The van der Waals surface area contributed by atoms with E-state index in [-0.39, 0.29) is 0 Å². The third-order valence-electron chi connectivity index (χ3n) is 6.81. The monoisotopic (exact) mass is 451 g/mol. The van der Waals surface area contributed by atoms with Crippen LogP contribution in [-0.4, -0.2) is 48.8 Å². The largest absolute Gasteiger partial charge is 0.497 e. The molecule has 1 atom stereocenters. The summed E-state index contributed by atoms with van der Waals surface area (Å²) in [5.74, 6) is 1.70. The van der Waals surface area contributed by atoms with Crippen LogP contribution in [0.2, 0.25) is 0 Å². The van der Waals surface area contributed by atoms with Gasteiger partial charge in [0, 0.05) is 18.7 Å². The van der Waals surface area contributed by atoms with Gasteiger partial charge >= 0.3 is 0 Å². The molecule has 2 fully saturated rings. The summed E-state index contributed by atoms with van der Waals surface area (Å²) in [6, 6.07) is 11.2. The Labute approximate surface area is 195 Å². The number of hydrogen-bond donors (Lipinski definition) is 0. The molecule has 0 amide bonds. The topological polar surface area (TPSA) is 39.0 Å². The normalized spacial score (nSPS) is 18.8. The van der Waals surface area contributed by atoms with E-state index < -0.39 is 0 Å². The second kappa shape index (κ2) is 8.99. The number of thioether (sulfide) groups is 1. The minimum atomic E-state index is 0.427. The first kappa shape index (κ1) is 21.7. The summed E-state index contributed by atoms with van der Waals surface area (Å²) in [5, 5.41) is 6.25. The molecule has 32 heavy (non-hydrogen) atoms. The van der Waals surface area contributed by atoms with Gasteiger partial charge in [-0.05, 0) is 87.1 Å². The number of benzene rings is 1. The van der Waals surface area contributed by atoms with Crippen molar-refractivity contribution < 1.29 is 9.47 Å². The molecule has 2 aromatic heterocycles. The lowest BCUT2D eigenvalue weighted by molar-refractivity contribution is 0.0789. The number of aromatic nitrogens is 2. The molecule has 0 N–H and O–H groups in total. The maximum atomic E-state index is 5.91. The Morgan fingerprint density at radius 3 is 2.59 bits per heavy atom. The minimum absolute atomic E-state index is 0.427. The van der Waals surface area contributed by atoms with Gasteiger partial charge < -0.3 is 14.4 Å². The second-order valence-electron chi connectivity index (χ2n) is 9.17. The second-order valence-corrected chi connectivity index (χ2v) is 9.96. The molecule has 1 aliphatic carbocycles. The van der Waals surface area contributed by atoms with Crippen molar-refractivity contribution in [2.45, 2.75) is 50.6 Å². The number of ether oxygens (including phenoxy) is 2. The van der Waals surface area contributed by atoms with Gasteiger partial charge in [-0.3, -0.25) is 0 Å². The third kappa shape index (κ3) is 3.99. The Morgan fingerprint density at radius 2 is 1.97 bits per heavy atom. The average Bonchev–Trinajstić information content (AvgIpc) is 3.55. The molecule has 170 valence electrons. The van der Waals surface area contributed by atoms with E-state index in [1.165, 1.54) is 47.2 Å². The minimum Gasteiger partial charge on any atom is -0.497 e. The van der Waals surface area contributed by atoms with E-state index in [0.717, 1.165) is 48.6 Å². The zero-order valence-corrected chi connectivity index (χ0v) is 20.4. The Morgan fingerprint density at radius 1 is 1.19 bits per heavy atom. The van der Waals surface area contributed by atoms with Crippen LogP contribution >= 0.6 is 11.8 Å². The van der Waals surface area contributed by atoms with Crippen molar-refractivity contribution in [1.82, 2.24) is 9.61 Å². The van der Waals surface area contributed by atoms with Gasteiger partial charge in [0.2, 0.25) is 0 Å². The molecule has 1 aliphatic heterocycles. The van der Waals surface area contributed by atoms with E-state index in [9.17, 15) is 0 Å². The fraction of sp³-hybridized carbons (Fsp3) is 0.500. The standard InChI is InChI=1S/C26H33N3O2S/c1-17-13-21(30-3)14-18(2)24(17)22-8-5-9-23-25(26(32-4)27-29(22)23)28(15-19-10-11-19)20-7-6-12-31-16-20/h5,8-9,13-14,19-20H,6-7,10-12,15-16H2,1-4H3. The predicted octanol–water partition coefficient (Wildman–Crippen LogP) is 5.74. The summed E-state index contributed by atoms with van der Waals surface area (Å²) >= 11 is 1.74. The summed E-state index contributed by atoms with van der Waals surface area (Å²) in [7, 11) is 1.72. The third-order valence-corrected chi connectivity index (χ3v) is 7.47. The molecule has 3 heterocycles. The predicted molar refractivity (Wildman–Crippen MR) is 132 cm³/mol. The summed E-state index contributed by atoms with van der Waals surface area (Å²) in [6.45, 7) is 7.12. The van der Waals surface area contributed by atoms with Crippen molar-refractivity contribution in [2.24, 2.45) is 5.92 Å². The molecule has 3 aromatic rings. The van der Waals surface area contributed by atoms with Crippen LogP contribution in [0.25, 0.3) is 16.8 Å². The number of anilines is 1. The van der Waals surface area contributed by atoms with Gasteiger partial charge in [-0.15, -0.1) is 11.8 Å². The number of fused-ring (bicyclic) bond motifs is 1. The van der Waals surface area contributed by atoms with E-state index in [0.29, 0.717) is 6.04 Å². The molecule has 1 aromatic carbocycles. The van der Waals surface area contributed by atoms with Gasteiger partial charge in [-0.2, -0.15) is 5.10 Å². The molecule has 1 saturated heterocycles. The Kier molecular flexibility index (Phi) is 6.08. The highest BCUT2D eigenvalue weighted by Crippen LogP contribution is 2.41. The van der Waals surface area contributed by atoms with Crippen LogP contribution in [-0.2, 0) is 4.74 Å². The number of nitrogens with zero attached hydrogens (tertiary/aromatic N) is 3. The molecule has 0 radical (unpaired) electrons. The van der Waals surface area contributed by atoms with E-state index in [1.54, 1.807) is 18.9 Å². The molecule has 5 nitrogen and oxygen atoms in total. The van der Waals surface area contributed by atoms with Crippen LogP contribution in [0, 0.1) is 19.8 Å². The fourth-order valence-corrected chi connectivity index (χ4v) is 5.63. The highest BCUT2D eigenvalue weighted by molar-refractivity contribution is 7.98. The summed E-state index contributed by atoms with van der Waals surface area (Å²) in [5.41, 5.74) is 7.24. The molecule has 0 bridgehead atoms. The van der Waals surface area contributed by atoms with Gasteiger partial charge in [-0.25, -0.2) is 4.52 Å². The van der Waals surface area contributed by atoms with E-state index in [4.69, 9.17) is 14.6 Å². The van der Waals surface area contributed by atoms with Gasteiger partial charge in [0.05, 0.1) is 36.7 Å². The van der Waals surface area contributed by atoms with Crippen molar-refractivity contribution in [3.05, 3.63) is 41.5 Å². The number of rotatable bonds is 7.